The molecule has 0 unspecified atom stereocenters. The molecule has 0 atom stereocenters. The minimum Gasteiger partial charge on any atom is -0.497 e. The van der Waals surface area contributed by atoms with Crippen molar-refractivity contribution in [3.8, 4) is 22.8 Å². The lowest BCUT2D eigenvalue weighted by Gasteiger charge is -2.14. The van der Waals surface area contributed by atoms with Crippen LogP contribution in [0.5, 0.6) is 11.5 Å². The van der Waals surface area contributed by atoms with E-state index in [2.05, 4.69) is 10.3 Å². The largest absolute Gasteiger partial charge is 0.497 e. The quantitative estimate of drug-likeness (QED) is 0.643. The predicted octanol–water partition coefficient (Wildman–Crippen LogP) is 3.59. The van der Waals surface area contributed by atoms with E-state index in [1.807, 2.05) is 0 Å². The highest BCUT2D eigenvalue weighted by Gasteiger charge is 2.31. The number of alkyl halides is 3. The van der Waals surface area contributed by atoms with E-state index in [4.69, 9.17) is 9.47 Å². The number of rotatable bonds is 6. The lowest BCUT2D eigenvalue weighted by atomic mass is 10.1. The zero-order valence-electron chi connectivity index (χ0n) is 16.6. The van der Waals surface area contributed by atoms with Crippen LogP contribution in [0.4, 0.5) is 18.9 Å². The van der Waals surface area contributed by atoms with Gasteiger partial charge in [-0.15, -0.1) is 0 Å². The number of ether oxygens (including phenoxy) is 2. The Morgan fingerprint density at radius 1 is 1.06 bits per heavy atom. The minimum absolute atomic E-state index is 0.0571. The van der Waals surface area contributed by atoms with Gasteiger partial charge in [-0.3, -0.25) is 14.2 Å². The number of methoxy groups -OCH3 is 2. The summed E-state index contributed by atoms with van der Waals surface area (Å²) in [6, 6.07) is 10.9. The molecule has 31 heavy (non-hydrogen) atoms. The molecule has 0 bridgehead atoms. The summed E-state index contributed by atoms with van der Waals surface area (Å²) in [7, 11) is 2.80. The van der Waals surface area contributed by atoms with Gasteiger partial charge in [-0.05, 0) is 42.5 Å². The van der Waals surface area contributed by atoms with Crippen LogP contribution in [0.25, 0.3) is 11.3 Å². The molecule has 0 spiro atoms. The average Bonchev–Trinajstić information content (AvgIpc) is 2.74. The molecule has 1 heterocycles. The van der Waals surface area contributed by atoms with Crippen molar-refractivity contribution < 1.29 is 27.4 Å². The lowest BCUT2D eigenvalue weighted by Crippen LogP contribution is -2.27. The van der Waals surface area contributed by atoms with Gasteiger partial charge in [0.2, 0.25) is 5.91 Å². The molecule has 2 aromatic carbocycles. The van der Waals surface area contributed by atoms with Crippen molar-refractivity contribution in [1.29, 1.82) is 0 Å². The molecule has 0 saturated carbocycles. The third-order valence-electron chi connectivity index (χ3n) is 4.38. The zero-order valence-corrected chi connectivity index (χ0v) is 16.6. The van der Waals surface area contributed by atoms with E-state index in [1.54, 1.807) is 24.3 Å². The highest BCUT2D eigenvalue weighted by atomic mass is 19.4. The summed E-state index contributed by atoms with van der Waals surface area (Å²) in [6.07, 6.45) is -3.38. The van der Waals surface area contributed by atoms with Crippen molar-refractivity contribution in [3.05, 3.63) is 70.8 Å². The highest BCUT2D eigenvalue weighted by molar-refractivity contribution is 5.92. The van der Waals surface area contributed by atoms with Gasteiger partial charge in [-0.25, -0.2) is 4.98 Å². The molecule has 162 valence electrons. The first kappa shape index (κ1) is 21.9. The summed E-state index contributed by atoms with van der Waals surface area (Å²) >= 11 is 0. The topological polar surface area (TPSA) is 82.5 Å². The number of aromatic nitrogens is 2. The van der Waals surface area contributed by atoms with Crippen LogP contribution in [0.15, 0.2) is 59.7 Å². The Labute approximate surface area is 175 Å². The molecule has 3 rings (SSSR count). The molecule has 0 radical (unpaired) electrons. The maximum Gasteiger partial charge on any atom is 0.416 e. The number of halogens is 3. The molecule has 0 aliphatic heterocycles. The molecular weight excluding hydrogens is 415 g/mol. The van der Waals surface area contributed by atoms with Crippen molar-refractivity contribution in [2.45, 2.75) is 12.7 Å². The Morgan fingerprint density at radius 3 is 2.35 bits per heavy atom. The number of carbonyl (C=O) groups is 1. The number of nitrogens with one attached hydrogen (secondary N) is 1. The van der Waals surface area contributed by atoms with Gasteiger partial charge < -0.3 is 14.8 Å². The van der Waals surface area contributed by atoms with Crippen LogP contribution in [-0.4, -0.2) is 29.7 Å². The maximum atomic E-state index is 12.9. The number of benzene rings is 2. The smallest absolute Gasteiger partial charge is 0.416 e. The monoisotopic (exact) mass is 433 g/mol. The summed E-state index contributed by atoms with van der Waals surface area (Å²) < 4.78 is 50.0. The number of hydrogen-bond donors (Lipinski definition) is 1. The first-order valence-corrected chi connectivity index (χ1v) is 8.97. The van der Waals surface area contributed by atoms with Crippen LogP contribution in [0.2, 0.25) is 0 Å². The molecule has 0 fully saturated rings. The fourth-order valence-corrected chi connectivity index (χ4v) is 2.79. The van der Waals surface area contributed by atoms with Crippen LogP contribution < -0.4 is 20.3 Å². The van der Waals surface area contributed by atoms with Crippen molar-refractivity contribution in [2.24, 2.45) is 0 Å². The van der Waals surface area contributed by atoms with Crippen molar-refractivity contribution in [3.63, 3.8) is 0 Å². The van der Waals surface area contributed by atoms with Crippen LogP contribution in [0.1, 0.15) is 5.56 Å². The van der Waals surface area contributed by atoms with E-state index in [0.29, 0.717) is 17.0 Å². The van der Waals surface area contributed by atoms with E-state index in [0.717, 1.165) is 22.8 Å². The second-order valence-electron chi connectivity index (χ2n) is 6.43. The van der Waals surface area contributed by atoms with Crippen molar-refractivity contribution in [1.82, 2.24) is 9.55 Å². The molecule has 3 aromatic rings. The standard InChI is InChI=1S/C21H18F3N3O4/c1-30-15-6-3-13(4-7-15)16-10-20(29)27(12-25-16)11-19(28)26-17-9-14(21(22,23)24)5-8-18(17)31-2/h3-10,12H,11H2,1-2H3,(H,26,28). The molecule has 0 saturated heterocycles. The third kappa shape index (κ3) is 5.21. The predicted molar refractivity (Wildman–Crippen MR) is 107 cm³/mol. The highest BCUT2D eigenvalue weighted by Crippen LogP contribution is 2.34. The van der Waals surface area contributed by atoms with Crippen LogP contribution in [0, 0.1) is 0 Å². The second kappa shape index (κ2) is 8.90. The fraction of sp³-hybridized carbons (Fsp3) is 0.190. The molecule has 1 N–H and O–H groups in total. The van der Waals surface area contributed by atoms with Gasteiger partial charge in [0.25, 0.3) is 5.56 Å². The zero-order chi connectivity index (χ0) is 22.6. The number of nitrogens with zero attached hydrogens (tertiary/aromatic N) is 2. The van der Waals surface area contributed by atoms with Gasteiger partial charge in [0.15, 0.2) is 0 Å². The Morgan fingerprint density at radius 2 is 1.77 bits per heavy atom. The molecule has 10 heteroatoms. The third-order valence-corrected chi connectivity index (χ3v) is 4.38. The van der Waals surface area contributed by atoms with E-state index >= 15 is 0 Å². The molecule has 0 aliphatic carbocycles. The van der Waals surface area contributed by atoms with E-state index in [-0.39, 0.29) is 11.4 Å². The van der Waals surface area contributed by atoms with Gasteiger partial charge in [0, 0.05) is 11.6 Å². The molecule has 1 aromatic heterocycles. The number of anilines is 1. The van der Waals surface area contributed by atoms with Crippen LogP contribution >= 0.6 is 0 Å². The maximum absolute atomic E-state index is 12.9. The summed E-state index contributed by atoms with van der Waals surface area (Å²) in [4.78, 5) is 28.9. The Hall–Kier alpha value is -3.82. The molecule has 0 aliphatic rings. The van der Waals surface area contributed by atoms with Gasteiger partial charge >= 0.3 is 6.18 Å². The summed E-state index contributed by atoms with van der Waals surface area (Å²) in [5.41, 5.74) is -0.497. The summed E-state index contributed by atoms with van der Waals surface area (Å²) in [5.74, 6) is -0.000758. The molecule has 7 nitrogen and oxygen atoms in total. The number of hydrogen-bond acceptors (Lipinski definition) is 5. The normalized spacial score (nSPS) is 11.1. The fourth-order valence-electron chi connectivity index (χ4n) is 2.79. The Balaban J connectivity index is 1.77. The van der Waals surface area contributed by atoms with E-state index in [9.17, 15) is 22.8 Å². The lowest BCUT2D eigenvalue weighted by molar-refractivity contribution is -0.137. The van der Waals surface area contributed by atoms with E-state index < -0.39 is 29.8 Å². The summed E-state index contributed by atoms with van der Waals surface area (Å²) in [5, 5.41) is 2.34. The first-order valence-electron chi connectivity index (χ1n) is 8.97. The van der Waals surface area contributed by atoms with Crippen LogP contribution in [0.3, 0.4) is 0 Å². The summed E-state index contributed by atoms with van der Waals surface area (Å²) in [6.45, 7) is -0.436. The van der Waals surface area contributed by atoms with Crippen molar-refractivity contribution in [2.75, 3.05) is 19.5 Å². The van der Waals surface area contributed by atoms with Gasteiger partial charge in [0.1, 0.15) is 18.0 Å². The Bertz CT molecular complexity index is 1140. The number of amides is 1. The van der Waals surface area contributed by atoms with Gasteiger partial charge in [-0.1, -0.05) is 0 Å². The Kier molecular flexibility index (Phi) is 6.28. The SMILES string of the molecule is COc1ccc(-c2cc(=O)n(CC(=O)Nc3cc(C(F)(F)F)ccc3OC)cn2)cc1. The van der Waals surface area contributed by atoms with Crippen molar-refractivity contribution >= 4 is 11.6 Å². The first-order chi connectivity index (χ1) is 14.7. The van der Waals surface area contributed by atoms with Crippen LogP contribution in [-0.2, 0) is 17.5 Å². The van der Waals surface area contributed by atoms with E-state index in [1.165, 1.54) is 26.6 Å². The second-order valence-corrected chi connectivity index (χ2v) is 6.43. The van der Waals surface area contributed by atoms with Gasteiger partial charge in [0.05, 0.1) is 37.5 Å². The molecule has 1 amide bonds. The van der Waals surface area contributed by atoms with Gasteiger partial charge in [-0.2, -0.15) is 13.2 Å². The average molecular weight is 433 g/mol. The number of carbonyl (C=O) groups excluding carboxylic acids is 1. The minimum atomic E-state index is -4.58. The molecular formula is C21H18F3N3O4.